The van der Waals surface area contributed by atoms with Crippen LogP contribution >= 0.6 is 0 Å². The number of benzene rings is 3. The van der Waals surface area contributed by atoms with Crippen LogP contribution in [0.25, 0.3) is 11.1 Å². The minimum absolute atomic E-state index is 0.0110. The number of anilines is 1. The molecule has 1 saturated heterocycles. The third-order valence-corrected chi connectivity index (χ3v) is 7.96. The Hall–Kier alpha value is -4.05. The van der Waals surface area contributed by atoms with E-state index in [1.165, 1.54) is 11.6 Å². The predicted molar refractivity (Wildman–Crippen MR) is 167 cm³/mol. The van der Waals surface area contributed by atoms with Crippen molar-refractivity contribution in [2.75, 3.05) is 31.2 Å². The van der Waals surface area contributed by atoms with Crippen molar-refractivity contribution in [2.24, 2.45) is 0 Å². The van der Waals surface area contributed by atoms with Gasteiger partial charge in [-0.1, -0.05) is 30.3 Å². The monoisotopic (exact) mass is 623 g/mol. The van der Waals surface area contributed by atoms with Gasteiger partial charge in [0, 0.05) is 30.9 Å². The summed E-state index contributed by atoms with van der Waals surface area (Å²) in [7, 11) is 0. The molecule has 1 saturated carbocycles. The van der Waals surface area contributed by atoms with Gasteiger partial charge in [0.15, 0.2) is 0 Å². The Morgan fingerprint density at radius 3 is 2.29 bits per heavy atom. The summed E-state index contributed by atoms with van der Waals surface area (Å²) in [6, 6.07) is 16.3. The number of hydrogen-bond donors (Lipinski definition) is 2. The molecule has 1 aliphatic heterocycles. The Balaban J connectivity index is 1.33. The third-order valence-electron chi connectivity index (χ3n) is 7.96. The molecule has 7 nitrogen and oxygen atoms in total. The first-order valence-corrected chi connectivity index (χ1v) is 15.3. The highest BCUT2D eigenvalue weighted by molar-refractivity contribution is 5.95. The summed E-state index contributed by atoms with van der Waals surface area (Å²) >= 11 is 0. The number of morpholine rings is 1. The highest BCUT2D eigenvalue weighted by Gasteiger charge is 2.31. The molecular formula is C35H40F3N3O4. The number of alkyl carbamates (subject to hydrolysis) is 1. The highest BCUT2D eigenvalue weighted by atomic mass is 19.4. The molecule has 10 heteroatoms. The number of ether oxygens (including phenoxy) is 2. The Morgan fingerprint density at radius 2 is 1.67 bits per heavy atom. The predicted octanol–water partition coefficient (Wildman–Crippen LogP) is 7.60. The number of rotatable bonds is 8. The van der Waals surface area contributed by atoms with E-state index in [1.807, 2.05) is 19.1 Å². The Morgan fingerprint density at radius 1 is 0.978 bits per heavy atom. The van der Waals surface area contributed by atoms with E-state index in [1.54, 1.807) is 45.0 Å². The summed E-state index contributed by atoms with van der Waals surface area (Å²) in [5.41, 5.74) is 3.54. The Kier molecular flexibility index (Phi) is 9.44. The lowest BCUT2D eigenvalue weighted by atomic mass is 9.95. The van der Waals surface area contributed by atoms with Gasteiger partial charge in [0.2, 0.25) is 0 Å². The molecule has 3 aromatic rings. The fraction of sp³-hybridized carbons (Fsp3) is 0.429. The zero-order valence-electron chi connectivity index (χ0n) is 26.1. The lowest BCUT2D eigenvalue weighted by Gasteiger charge is -2.29. The minimum Gasteiger partial charge on any atom is -0.444 e. The molecule has 2 N–H and O–H groups in total. The minimum atomic E-state index is -4.52. The lowest BCUT2D eigenvalue weighted by molar-refractivity contribution is -0.137. The second-order valence-corrected chi connectivity index (χ2v) is 12.7. The van der Waals surface area contributed by atoms with Crippen molar-refractivity contribution in [1.29, 1.82) is 0 Å². The molecule has 1 aliphatic carbocycles. The third kappa shape index (κ3) is 8.57. The molecule has 0 bridgehead atoms. The molecular weight excluding hydrogens is 583 g/mol. The summed E-state index contributed by atoms with van der Waals surface area (Å²) in [5, 5.41) is 5.72. The van der Waals surface area contributed by atoms with E-state index < -0.39 is 23.4 Å². The van der Waals surface area contributed by atoms with Crippen molar-refractivity contribution in [3.05, 3.63) is 88.5 Å². The number of alkyl halides is 3. The van der Waals surface area contributed by atoms with E-state index in [0.29, 0.717) is 41.4 Å². The second-order valence-electron chi connectivity index (χ2n) is 12.7. The van der Waals surface area contributed by atoms with Crippen molar-refractivity contribution in [2.45, 2.75) is 70.8 Å². The number of carbonyl (C=O) groups excluding carboxylic acids is 2. The maximum atomic E-state index is 13.6. The molecule has 0 spiro atoms. The molecule has 240 valence electrons. The van der Waals surface area contributed by atoms with E-state index >= 15 is 0 Å². The molecule has 2 amide bonds. The van der Waals surface area contributed by atoms with Gasteiger partial charge >= 0.3 is 12.3 Å². The molecule has 0 unspecified atom stereocenters. The maximum Gasteiger partial charge on any atom is 0.416 e. The van der Waals surface area contributed by atoms with Gasteiger partial charge in [-0.3, -0.25) is 4.79 Å². The number of amides is 2. The van der Waals surface area contributed by atoms with E-state index in [-0.39, 0.29) is 18.5 Å². The first-order valence-electron chi connectivity index (χ1n) is 15.3. The largest absolute Gasteiger partial charge is 0.444 e. The van der Waals surface area contributed by atoms with Gasteiger partial charge in [0.25, 0.3) is 5.91 Å². The van der Waals surface area contributed by atoms with Gasteiger partial charge in [0.1, 0.15) is 5.60 Å². The zero-order chi connectivity index (χ0) is 32.4. The van der Waals surface area contributed by atoms with Crippen molar-refractivity contribution < 1.29 is 32.2 Å². The molecule has 1 heterocycles. The maximum absolute atomic E-state index is 13.6. The molecule has 0 aromatic heterocycles. The lowest BCUT2D eigenvalue weighted by Crippen LogP contribution is -2.36. The van der Waals surface area contributed by atoms with E-state index in [0.717, 1.165) is 49.3 Å². The first-order chi connectivity index (χ1) is 21.3. The van der Waals surface area contributed by atoms with Gasteiger partial charge in [0.05, 0.1) is 24.8 Å². The van der Waals surface area contributed by atoms with Crippen LogP contribution in [0, 0.1) is 0 Å². The van der Waals surface area contributed by atoms with Crippen molar-refractivity contribution in [3.63, 3.8) is 0 Å². The summed E-state index contributed by atoms with van der Waals surface area (Å²) in [5.74, 6) is 0.305. The van der Waals surface area contributed by atoms with Crippen molar-refractivity contribution >= 4 is 17.7 Å². The second kappa shape index (κ2) is 13.1. The van der Waals surface area contributed by atoms with Crippen LogP contribution in [0.3, 0.4) is 0 Å². The quantitative estimate of drug-likeness (QED) is 0.270. The number of carbonyl (C=O) groups is 2. The van der Waals surface area contributed by atoms with Crippen molar-refractivity contribution in [3.8, 4) is 11.1 Å². The standard InChI is InChI=1S/C35H40F3N3O4/c1-22(40-32(42)28-17-27(24-7-8-24)18-30(19-28)41-13-15-44-16-14-41)23-5-9-25(10-6-23)31-20-29(35(36,37)38)12-11-26(31)21-39-33(43)45-34(2,3)4/h5-6,9-12,17-20,22,24H,7-8,13-16,21H2,1-4H3,(H,39,43)(H,40,42)/t22-/m1/s1. The number of hydrogen-bond acceptors (Lipinski definition) is 5. The summed E-state index contributed by atoms with van der Waals surface area (Å²) in [6.07, 6.45) is -2.93. The van der Waals surface area contributed by atoms with Crippen LogP contribution in [0.4, 0.5) is 23.7 Å². The summed E-state index contributed by atoms with van der Waals surface area (Å²) in [4.78, 5) is 27.9. The first kappa shape index (κ1) is 32.3. The van der Waals surface area contributed by atoms with Gasteiger partial charge in [-0.05, 0) is 105 Å². The smallest absolute Gasteiger partial charge is 0.416 e. The zero-order valence-corrected chi connectivity index (χ0v) is 26.1. The molecule has 45 heavy (non-hydrogen) atoms. The van der Waals surface area contributed by atoms with Gasteiger partial charge in [-0.15, -0.1) is 0 Å². The normalized spacial score (nSPS) is 16.2. The Labute approximate surface area is 262 Å². The van der Waals surface area contributed by atoms with Crippen LogP contribution in [-0.2, 0) is 22.2 Å². The van der Waals surface area contributed by atoms with Crippen LogP contribution in [0.15, 0.2) is 60.7 Å². The average molecular weight is 624 g/mol. The molecule has 3 aromatic carbocycles. The molecule has 2 fully saturated rings. The van der Waals surface area contributed by atoms with Crippen LogP contribution in [0.2, 0.25) is 0 Å². The van der Waals surface area contributed by atoms with Crippen LogP contribution < -0.4 is 15.5 Å². The summed E-state index contributed by atoms with van der Waals surface area (Å²) < 4.78 is 51.6. The van der Waals surface area contributed by atoms with Crippen LogP contribution in [0.5, 0.6) is 0 Å². The van der Waals surface area contributed by atoms with Crippen LogP contribution in [-0.4, -0.2) is 43.9 Å². The van der Waals surface area contributed by atoms with E-state index in [2.05, 4.69) is 21.6 Å². The number of halogens is 3. The topological polar surface area (TPSA) is 79.9 Å². The SMILES string of the molecule is C[C@@H](NC(=O)c1cc(C2CC2)cc(N2CCOCC2)c1)c1ccc(-c2cc(C(F)(F)F)ccc2CNC(=O)OC(C)(C)C)cc1. The van der Waals surface area contributed by atoms with Gasteiger partial charge in [-0.25, -0.2) is 4.79 Å². The fourth-order valence-corrected chi connectivity index (χ4v) is 5.39. The molecule has 0 radical (unpaired) electrons. The van der Waals surface area contributed by atoms with E-state index in [9.17, 15) is 22.8 Å². The van der Waals surface area contributed by atoms with Crippen LogP contribution in [0.1, 0.15) is 85.1 Å². The van der Waals surface area contributed by atoms with E-state index in [4.69, 9.17) is 9.47 Å². The molecule has 2 aliphatic rings. The van der Waals surface area contributed by atoms with Crippen molar-refractivity contribution in [1.82, 2.24) is 10.6 Å². The average Bonchev–Trinajstić information content (AvgIpc) is 3.85. The Bertz CT molecular complexity index is 1520. The molecule has 1 atom stereocenters. The fourth-order valence-electron chi connectivity index (χ4n) is 5.39. The van der Waals surface area contributed by atoms with Gasteiger partial charge < -0.3 is 25.0 Å². The number of nitrogens with one attached hydrogen (secondary N) is 2. The summed E-state index contributed by atoms with van der Waals surface area (Å²) in [6.45, 7) is 9.93. The van der Waals surface area contributed by atoms with Gasteiger partial charge in [-0.2, -0.15) is 13.2 Å². The molecule has 5 rings (SSSR count). The number of nitrogens with zero attached hydrogens (tertiary/aromatic N) is 1. The highest BCUT2D eigenvalue weighted by Crippen LogP contribution is 2.42.